The second-order valence-corrected chi connectivity index (χ2v) is 4.92. The summed E-state index contributed by atoms with van der Waals surface area (Å²) < 4.78 is 0. The Labute approximate surface area is 107 Å². The van der Waals surface area contributed by atoms with Crippen molar-refractivity contribution in [3.8, 4) is 0 Å². The van der Waals surface area contributed by atoms with Crippen molar-refractivity contribution in [2.24, 2.45) is 10.8 Å². The Morgan fingerprint density at radius 1 is 1.21 bits per heavy atom. The minimum atomic E-state index is -0.700. The molecule has 0 radical (unpaired) electrons. The van der Waals surface area contributed by atoms with Gasteiger partial charge >= 0.3 is 32.2 Å². The van der Waals surface area contributed by atoms with Crippen LogP contribution in [0.5, 0.6) is 0 Å². The first kappa shape index (κ1) is 16.8. The van der Waals surface area contributed by atoms with Crippen molar-refractivity contribution in [3.63, 3.8) is 0 Å². The third kappa shape index (κ3) is 3.84. The molecule has 0 aliphatic carbocycles. The van der Waals surface area contributed by atoms with Gasteiger partial charge in [-0.1, -0.05) is 33.6 Å². The normalized spacial score (nSPS) is 12.1. The van der Waals surface area contributed by atoms with E-state index in [1.54, 1.807) is 0 Å². The summed E-state index contributed by atoms with van der Waals surface area (Å²) in [6.45, 7) is 9.83. The Kier molecular flexibility index (Phi) is 7.25. The zero-order valence-electron chi connectivity index (χ0n) is 10.2. The number of rotatable bonds is 5. The van der Waals surface area contributed by atoms with Gasteiger partial charge in [-0.05, 0) is 25.7 Å². The summed E-state index contributed by atoms with van der Waals surface area (Å²) in [6, 6.07) is 0. The summed E-state index contributed by atoms with van der Waals surface area (Å²) in [5, 5.41) is 9.08. The van der Waals surface area contributed by atoms with Crippen molar-refractivity contribution >= 4 is 32.2 Å². The molecular weight excluding hydrogens is 373 g/mol. The molecule has 0 spiro atoms. The molecule has 86 valence electrons. The van der Waals surface area contributed by atoms with E-state index in [1.807, 2.05) is 27.7 Å². The van der Waals surface area contributed by atoms with Crippen molar-refractivity contribution in [3.05, 3.63) is 0 Å². The summed E-state index contributed by atoms with van der Waals surface area (Å²) in [4.78, 5) is 11.0. The summed E-state index contributed by atoms with van der Waals surface area (Å²) in [5.41, 5.74) is -0.767. The maximum absolute atomic E-state index is 11.0. The molecule has 3 heteroatoms. The van der Waals surface area contributed by atoms with Gasteiger partial charge in [0.1, 0.15) is 0 Å². The van der Waals surface area contributed by atoms with Gasteiger partial charge in [0, 0.05) is 0 Å². The first-order chi connectivity index (χ1) is 5.75. The minimum absolute atomic E-state index is 0. The zero-order chi connectivity index (χ0) is 10.7. The fourth-order valence-electron chi connectivity index (χ4n) is 1.22. The van der Waals surface area contributed by atoms with Gasteiger partial charge in [0.05, 0.1) is 5.41 Å². The first-order valence-electron chi connectivity index (χ1n) is 4.99. The van der Waals surface area contributed by atoms with Crippen LogP contribution in [-0.4, -0.2) is 37.3 Å². The van der Waals surface area contributed by atoms with Gasteiger partial charge in [-0.2, -0.15) is 0 Å². The third-order valence-electron chi connectivity index (χ3n) is 3.38. The van der Waals surface area contributed by atoms with E-state index in [0.29, 0.717) is 0 Å². The van der Waals surface area contributed by atoms with Crippen LogP contribution in [0.2, 0.25) is 0 Å². The topological polar surface area (TPSA) is 37.3 Å². The van der Waals surface area contributed by atoms with E-state index in [-0.39, 0.29) is 31.6 Å². The van der Waals surface area contributed by atoms with Crippen LogP contribution in [0, 0.1) is 10.8 Å². The molecule has 0 heterocycles. The summed E-state index contributed by atoms with van der Waals surface area (Å²) in [5.74, 6) is -0.700. The number of unbranched alkanes of at least 4 members (excludes halogenated alkanes) is 1. The molecule has 2 nitrogen and oxygen atoms in total. The molecule has 0 aromatic heterocycles. The molecular formula is C11H25BiO2. The van der Waals surface area contributed by atoms with Crippen LogP contribution in [-0.2, 0) is 4.79 Å². The molecule has 0 rings (SSSR count). The van der Waals surface area contributed by atoms with Gasteiger partial charge in [-0.15, -0.1) is 0 Å². The van der Waals surface area contributed by atoms with E-state index in [1.165, 1.54) is 0 Å². The molecule has 0 aromatic carbocycles. The Bertz CT molecular complexity index is 186. The van der Waals surface area contributed by atoms with Crippen LogP contribution >= 0.6 is 0 Å². The van der Waals surface area contributed by atoms with Crippen LogP contribution in [0.25, 0.3) is 0 Å². The van der Waals surface area contributed by atoms with Crippen LogP contribution in [0.15, 0.2) is 0 Å². The van der Waals surface area contributed by atoms with Crippen molar-refractivity contribution in [1.29, 1.82) is 0 Å². The fourth-order valence-corrected chi connectivity index (χ4v) is 1.22. The molecule has 0 unspecified atom stereocenters. The molecule has 0 amide bonds. The van der Waals surface area contributed by atoms with Gasteiger partial charge in [-0.3, -0.25) is 4.79 Å². The Morgan fingerprint density at radius 3 is 1.93 bits per heavy atom. The molecule has 1 N–H and O–H groups in total. The molecule has 0 saturated carbocycles. The van der Waals surface area contributed by atoms with Crippen molar-refractivity contribution in [1.82, 2.24) is 0 Å². The predicted molar refractivity (Wildman–Crippen MR) is 64.7 cm³/mol. The summed E-state index contributed by atoms with van der Waals surface area (Å²) >= 11 is 0. The van der Waals surface area contributed by atoms with E-state index in [2.05, 4.69) is 6.92 Å². The van der Waals surface area contributed by atoms with Gasteiger partial charge in [-0.25, -0.2) is 0 Å². The van der Waals surface area contributed by atoms with E-state index in [4.69, 9.17) is 5.11 Å². The Balaban J connectivity index is 0. The van der Waals surface area contributed by atoms with Gasteiger partial charge < -0.3 is 5.11 Å². The predicted octanol–water partition coefficient (Wildman–Crippen LogP) is 2.13. The van der Waals surface area contributed by atoms with Crippen LogP contribution in [0.4, 0.5) is 0 Å². The number of carbonyl (C=O) groups is 1. The molecule has 0 aliphatic rings. The van der Waals surface area contributed by atoms with Crippen LogP contribution in [0.3, 0.4) is 0 Å². The zero-order valence-corrected chi connectivity index (χ0v) is 15.7. The third-order valence-corrected chi connectivity index (χ3v) is 3.38. The first-order valence-corrected chi connectivity index (χ1v) is 4.99. The second-order valence-electron chi connectivity index (χ2n) is 4.92. The molecule has 14 heavy (non-hydrogen) atoms. The van der Waals surface area contributed by atoms with Crippen molar-refractivity contribution in [2.75, 3.05) is 0 Å². The molecule has 0 saturated heterocycles. The SMILES string of the molecule is CCCCC(C)(C)C(C)(C)C(=O)O.[BiH3]. The maximum atomic E-state index is 11.0. The summed E-state index contributed by atoms with van der Waals surface area (Å²) in [6.07, 6.45) is 3.20. The Hall–Kier alpha value is 0.353. The van der Waals surface area contributed by atoms with E-state index in [0.717, 1.165) is 19.3 Å². The van der Waals surface area contributed by atoms with E-state index in [9.17, 15) is 4.79 Å². The average molecular weight is 398 g/mol. The van der Waals surface area contributed by atoms with Crippen LogP contribution in [0.1, 0.15) is 53.9 Å². The van der Waals surface area contributed by atoms with E-state index < -0.39 is 11.4 Å². The molecule has 0 aliphatic heterocycles. The fraction of sp³-hybridized carbons (Fsp3) is 0.909. The molecule has 0 atom stereocenters. The average Bonchev–Trinajstić information content (AvgIpc) is 2.00. The van der Waals surface area contributed by atoms with Crippen LogP contribution < -0.4 is 0 Å². The monoisotopic (exact) mass is 398 g/mol. The standard InChI is InChI=1S/C11H22O2.Bi.3H/c1-6-7-8-10(2,3)11(4,5)9(12)13;;;;/h6-8H2,1-5H3,(H,12,13);;;;. The van der Waals surface area contributed by atoms with Crippen molar-refractivity contribution < 1.29 is 9.90 Å². The number of hydrogen-bond donors (Lipinski definition) is 1. The quantitative estimate of drug-likeness (QED) is 0.721. The number of carboxylic acids is 1. The van der Waals surface area contributed by atoms with Crippen molar-refractivity contribution in [2.45, 2.75) is 53.9 Å². The van der Waals surface area contributed by atoms with Gasteiger partial charge in [0.25, 0.3) is 0 Å². The Morgan fingerprint density at radius 2 is 1.64 bits per heavy atom. The van der Waals surface area contributed by atoms with Gasteiger partial charge in [0.15, 0.2) is 0 Å². The number of carboxylic acid groups (broad SMARTS) is 1. The molecule has 0 fully saturated rings. The number of aliphatic carboxylic acids is 1. The second kappa shape index (κ2) is 6.05. The van der Waals surface area contributed by atoms with E-state index >= 15 is 0 Å². The number of hydrogen-bond acceptors (Lipinski definition) is 1. The molecule has 0 bridgehead atoms. The molecule has 0 aromatic rings. The summed E-state index contributed by atoms with van der Waals surface area (Å²) in [7, 11) is 0. The van der Waals surface area contributed by atoms with Gasteiger partial charge in [0.2, 0.25) is 0 Å².